The topological polar surface area (TPSA) is 49.3 Å². The summed E-state index contributed by atoms with van der Waals surface area (Å²) in [5, 5.41) is 13.6. The summed E-state index contributed by atoms with van der Waals surface area (Å²) in [5.41, 5.74) is 0. The van der Waals surface area contributed by atoms with Crippen LogP contribution in [0.5, 0.6) is 0 Å². The van der Waals surface area contributed by atoms with E-state index in [1.165, 1.54) is 0 Å². The summed E-state index contributed by atoms with van der Waals surface area (Å²) in [6, 6.07) is 5.25. The molecule has 0 saturated heterocycles. The second-order valence-electron chi connectivity index (χ2n) is 4.28. The number of hydrogen-bond acceptors (Lipinski definition) is 3. The second-order valence-corrected chi connectivity index (χ2v) is 6.53. The number of rotatable bonds is 6. The molecule has 1 rings (SSSR count). The first kappa shape index (κ1) is 15.9. The number of halogens is 2. The number of benzene rings is 1. The van der Waals surface area contributed by atoms with Crippen molar-refractivity contribution in [3.63, 3.8) is 0 Å². The fourth-order valence-corrected chi connectivity index (χ4v) is 3.51. The van der Waals surface area contributed by atoms with Gasteiger partial charge < -0.3 is 10.4 Å². The molecule has 6 heteroatoms. The number of nitrogens with one attached hydrogen (secondary N) is 1. The van der Waals surface area contributed by atoms with Crippen molar-refractivity contribution >= 4 is 34.0 Å². The van der Waals surface area contributed by atoms with Gasteiger partial charge in [0.15, 0.2) is 0 Å². The summed E-state index contributed by atoms with van der Waals surface area (Å²) in [6.07, 6.45) is -0.694. The zero-order chi connectivity index (χ0) is 13.7. The van der Waals surface area contributed by atoms with Crippen LogP contribution in [0.15, 0.2) is 23.1 Å². The Kier molecular flexibility index (Phi) is 6.60. The fraction of sp³-hybridized carbons (Fsp3) is 0.500. The Balaban J connectivity index is 2.65. The number of hydrogen-bond donors (Lipinski definition) is 2. The lowest BCUT2D eigenvalue weighted by atomic mass is 10.3. The van der Waals surface area contributed by atoms with Gasteiger partial charge >= 0.3 is 0 Å². The first-order valence-electron chi connectivity index (χ1n) is 5.65. The molecule has 18 heavy (non-hydrogen) atoms. The van der Waals surface area contributed by atoms with Crippen molar-refractivity contribution in [1.82, 2.24) is 5.32 Å². The summed E-state index contributed by atoms with van der Waals surface area (Å²) in [5.74, 6) is 0.114. The van der Waals surface area contributed by atoms with Crippen molar-refractivity contribution in [2.45, 2.75) is 30.9 Å². The Labute approximate surface area is 120 Å². The van der Waals surface area contributed by atoms with E-state index in [1.807, 2.05) is 13.8 Å². The van der Waals surface area contributed by atoms with Crippen LogP contribution in [0, 0.1) is 0 Å². The van der Waals surface area contributed by atoms with Gasteiger partial charge in [-0.15, -0.1) is 0 Å². The number of aliphatic hydroxyl groups is 1. The molecule has 2 N–H and O–H groups in total. The summed E-state index contributed by atoms with van der Waals surface area (Å²) in [4.78, 5) is 0.393. The zero-order valence-corrected chi connectivity index (χ0v) is 12.6. The molecule has 0 aliphatic carbocycles. The SMILES string of the molecule is CC(C)NCC(O)CS(=O)c1c(Cl)cccc1Cl. The minimum absolute atomic E-state index is 0.114. The predicted octanol–water partition coefficient (Wildman–Crippen LogP) is 2.46. The molecule has 0 fully saturated rings. The van der Waals surface area contributed by atoms with E-state index in [4.69, 9.17) is 23.2 Å². The van der Waals surface area contributed by atoms with Crippen LogP contribution >= 0.6 is 23.2 Å². The third kappa shape index (κ3) is 4.86. The maximum atomic E-state index is 12.1. The molecule has 0 aliphatic rings. The maximum absolute atomic E-state index is 12.1. The van der Waals surface area contributed by atoms with Crippen molar-refractivity contribution < 1.29 is 9.32 Å². The molecule has 2 unspecified atom stereocenters. The van der Waals surface area contributed by atoms with E-state index >= 15 is 0 Å². The fourth-order valence-electron chi connectivity index (χ4n) is 1.39. The van der Waals surface area contributed by atoms with E-state index in [-0.39, 0.29) is 11.8 Å². The smallest absolute Gasteiger partial charge is 0.0783 e. The van der Waals surface area contributed by atoms with Crippen LogP contribution in [0.25, 0.3) is 0 Å². The highest BCUT2D eigenvalue weighted by Crippen LogP contribution is 2.27. The van der Waals surface area contributed by atoms with Gasteiger partial charge in [0.05, 0.1) is 37.6 Å². The maximum Gasteiger partial charge on any atom is 0.0783 e. The van der Waals surface area contributed by atoms with E-state index in [9.17, 15) is 9.32 Å². The Morgan fingerprint density at radius 2 is 1.89 bits per heavy atom. The van der Waals surface area contributed by atoms with Crippen molar-refractivity contribution in [3.8, 4) is 0 Å². The molecule has 0 aliphatic heterocycles. The normalized spacial score (nSPS) is 14.8. The van der Waals surface area contributed by atoms with Gasteiger partial charge in [-0.05, 0) is 12.1 Å². The Hall–Kier alpha value is -0.130. The van der Waals surface area contributed by atoms with Crippen molar-refractivity contribution in [3.05, 3.63) is 28.2 Å². The molecular formula is C12H17Cl2NO2S. The predicted molar refractivity (Wildman–Crippen MR) is 76.9 cm³/mol. The Morgan fingerprint density at radius 1 is 1.33 bits per heavy atom. The molecule has 2 atom stereocenters. The van der Waals surface area contributed by atoms with E-state index in [0.29, 0.717) is 21.5 Å². The average Bonchev–Trinajstić information content (AvgIpc) is 2.26. The highest BCUT2D eigenvalue weighted by Gasteiger charge is 2.17. The molecule has 102 valence electrons. The minimum Gasteiger partial charge on any atom is -0.391 e. The largest absolute Gasteiger partial charge is 0.391 e. The minimum atomic E-state index is -1.41. The molecule has 0 aromatic heterocycles. The van der Waals surface area contributed by atoms with Gasteiger partial charge in [0.1, 0.15) is 0 Å². The monoisotopic (exact) mass is 309 g/mol. The molecule has 3 nitrogen and oxygen atoms in total. The molecule has 0 amide bonds. The molecule has 1 aromatic carbocycles. The van der Waals surface area contributed by atoms with Crippen LogP contribution in [0.4, 0.5) is 0 Å². The van der Waals surface area contributed by atoms with Gasteiger partial charge in [0.2, 0.25) is 0 Å². The van der Waals surface area contributed by atoms with Crippen LogP contribution in [0.1, 0.15) is 13.8 Å². The summed E-state index contributed by atoms with van der Waals surface area (Å²) in [6.45, 7) is 4.36. The van der Waals surface area contributed by atoms with Crippen molar-refractivity contribution in [2.75, 3.05) is 12.3 Å². The first-order valence-corrected chi connectivity index (χ1v) is 7.73. The van der Waals surface area contributed by atoms with Crippen LogP contribution < -0.4 is 5.32 Å². The lowest BCUT2D eigenvalue weighted by Gasteiger charge is -2.14. The first-order chi connectivity index (χ1) is 8.41. The lowest BCUT2D eigenvalue weighted by molar-refractivity contribution is 0.191. The van der Waals surface area contributed by atoms with Crippen molar-refractivity contribution in [2.24, 2.45) is 0 Å². The Bertz CT molecular complexity index is 406. The van der Waals surface area contributed by atoms with Crippen molar-refractivity contribution in [1.29, 1.82) is 0 Å². The summed E-state index contributed by atoms with van der Waals surface area (Å²) < 4.78 is 12.1. The Morgan fingerprint density at radius 3 is 2.39 bits per heavy atom. The third-order valence-electron chi connectivity index (χ3n) is 2.25. The van der Waals surface area contributed by atoms with E-state index in [1.54, 1.807) is 18.2 Å². The van der Waals surface area contributed by atoms with Gasteiger partial charge in [0, 0.05) is 12.6 Å². The molecule has 0 spiro atoms. The second kappa shape index (κ2) is 7.46. The van der Waals surface area contributed by atoms with Crippen LogP contribution in [0.3, 0.4) is 0 Å². The van der Waals surface area contributed by atoms with E-state index in [2.05, 4.69) is 5.32 Å². The zero-order valence-electron chi connectivity index (χ0n) is 10.3. The molecule has 0 saturated carbocycles. The highest BCUT2D eigenvalue weighted by atomic mass is 35.5. The highest BCUT2D eigenvalue weighted by molar-refractivity contribution is 7.85. The quantitative estimate of drug-likeness (QED) is 0.848. The third-order valence-corrected chi connectivity index (χ3v) is 4.69. The van der Waals surface area contributed by atoms with Crippen LogP contribution in [-0.2, 0) is 10.8 Å². The standard InChI is InChI=1S/C12H17Cl2NO2S/c1-8(2)15-6-9(16)7-18(17)12-10(13)4-3-5-11(12)14/h3-5,8-9,15-16H,6-7H2,1-2H3. The molecule has 0 radical (unpaired) electrons. The molecule has 1 aromatic rings. The van der Waals surface area contributed by atoms with Gasteiger partial charge in [-0.3, -0.25) is 4.21 Å². The molecule has 0 heterocycles. The molecular weight excluding hydrogens is 293 g/mol. The van der Waals surface area contributed by atoms with Gasteiger partial charge in [-0.2, -0.15) is 0 Å². The van der Waals surface area contributed by atoms with E-state index < -0.39 is 16.9 Å². The van der Waals surface area contributed by atoms with Gasteiger partial charge in [0.25, 0.3) is 0 Å². The van der Waals surface area contributed by atoms with E-state index in [0.717, 1.165) is 0 Å². The average molecular weight is 310 g/mol. The summed E-state index contributed by atoms with van der Waals surface area (Å²) >= 11 is 11.9. The van der Waals surface area contributed by atoms with Gasteiger partial charge in [-0.1, -0.05) is 43.1 Å². The van der Waals surface area contributed by atoms with Crippen LogP contribution in [-0.4, -0.2) is 33.8 Å². The summed E-state index contributed by atoms with van der Waals surface area (Å²) in [7, 11) is -1.41. The van der Waals surface area contributed by atoms with Gasteiger partial charge in [-0.25, -0.2) is 0 Å². The lowest BCUT2D eigenvalue weighted by Crippen LogP contribution is -2.34. The molecule has 0 bridgehead atoms. The van der Waals surface area contributed by atoms with Crippen LogP contribution in [0.2, 0.25) is 10.0 Å². The number of aliphatic hydroxyl groups excluding tert-OH is 1.